The molecule has 2 rings (SSSR count). The number of carbonyl (C=O) groups excluding carboxylic acids is 3. The van der Waals surface area contributed by atoms with Crippen molar-refractivity contribution in [2.75, 3.05) is 19.6 Å². The molecule has 6 heteroatoms. The Morgan fingerprint density at radius 1 is 1.30 bits per heavy atom. The van der Waals surface area contributed by atoms with Gasteiger partial charge >= 0.3 is 6.03 Å². The van der Waals surface area contributed by atoms with Gasteiger partial charge < -0.3 is 10.6 Å². The first-order valence-electron chi connectivity index (χ1n) is 6.42. The lowest BCUT2D eigenvalue weighted by Gasteiger charge is -2.13. The second kappa shape index (κ2) is 5.73. The molecule has 1 aromatic rings. The van der Waals surface area contributed by atoms with Gasteiger partial charge in [0.15, 0.2) is 0 Å². The third-order valence-corrected chi connectivity index (χ3v) is 3.33. The summed E-state index contributed by atoms with van der Waals surface area (Å²) in [6.07, 6.45) is 0. The van der Waals surface area contributed by atoms with Crippen LogP contribution in [0, 0.1) is 13.8 Å². The summed E-state index contributed by atoms with van der Waals surface area (Å²) in [5.74, 6) is -0.476. The van der Waals surface area contributed by atoms with Crippen LogP contribution in [0.5, 0.6) is 0 Å². The van der Waals surface area contributed by atoms with E-state index in [-0.39, 0.29) is 31.4 Å². The second-order valence-corrected chi connectivity index (χ2v) is 4.76. The fraction of sp³-hybridized carbons (Fsp3) is 0.357. The van der Waals surface area contributed by atoms with Crippen LogP contribution in [-0.4, -0.2) is 42.4 Å². The molecule has 20 heavy (non-hydrogen) atoms. The van der Waals surface area contributed by atoms with Gasteiger partial charge in [-0.1, -0.05) is 6.07 Å². The van der Waals surface area contributed by atoms with Crippen molar-refractivity contribution in [2.24, 2.45) is 0 Å². The first-order chi connectivity index (χ1) is 9.49. The number of hydrogen-bond acceptors (Lipinski definition) is 3. The predicted octanol–water partition coefficient (Wildman–Crippen LogP) is 0.585. The van der Waals surface area contributed by atoms with Crippen molar-refractivity contribution in [1.82, 2.24) is 15.5 Å². The zero-order valence-corrected chi connectivity index (χ0v) is 11.5. The van der Waals surface area contributed by atoms with Crippen LogP contribution in [0.4, 0.5) is 4.79 Å². The molecule has 1 aliphatic rings. The average Bonchev–Trinajstić information content (AvgIpc) is 2.73. The molecule has 0 radical (unpaired) electrons. The third-order valence-electron chi connectivity index (χ3n) is 3.33. The Morgan fingerprint density at radius 2 is 2.05 bits per heavy atom. The summed E-state index contributed by atoms with van der Waals surface area (Å²) in [5.41, 5.74) is 2.75. The minimum absolute atomic E-state index is 0.0317. The average molecular weight is 275 g/mol. The fourth-order valence-corrected chi connectivity index (χ4v) is 1.95. The van der Waals surface area contributed by atoms with E-state index in [1.165, 1.54) is 0 Å². The Kier molecular flexibility index (Phi) is 4.02. The van der Waals surface area contributed by atoms with Crippen LogP contribution in [0.2, 0.25) is 0 Å². The SMILES string of the molecule is Cc1ccc(C(=O)NCCN2C(=O)CNC2=O)cc1C. The molecule has 0 saturated carbocycles. The summed E-state index contributed by atoms with van der Waals surface area (Å²) in [6, 6.07) is 5.06. The monoisotopic (exact) mass is 275 g/mol. The summed E-state index contributed by atoms with van der Waals surface area (Å²) in [7, 11) is 0. The number of aryl methyl sites for hydroxylation is 2. The van der Waals surface area contributed by atoms with Crippen molar-refractivity contribution in [3.8, 4) is 0 Å². The van der Waals surface area contributed by atoms with Crippen molar-refractivity contribution in [3.05, 3.63) is 34.9 Å². The largest absolute Gasteiger partial charge is 0.350 e. The number of nitrogens with zero attached hydrogens (tertiary/aromatic N) is 1. The molecule has 0 unspecified atom stereocenters. The summed E-state index contributed by atoms with van der Waals surface area (Å²) < 4.78 is 0. The Bertz CT molecular complexity index is 553. The molecule has 0 bridgehead atoms. The van der Waals surface area contributed by atoms with Gasteiger partial charge in [0.2, 0.25) is 5.91 Å². The highest BCUT2D eigenvalue weighted by molar-refractivity contribution is 6.02. The highest BCUT2D eigenvalue weighted by atomic mass is 16.2. The molecule has 1 aromatic carbocycles. The van der Waals surface area contributed by atoms with Gasteiger partial charge in [0.25, 0.3) is 5.91 Å². The van der Waals surface area contributed by atoms with Gasteiger partial charge in [-0.3, -0.25) is 14.5 Å². The molecular formula is C14H17N3O3. The molecule has 0 aromatic heterocycles. The molecule has 1 saturated heterocycles. The maximum atomic E-state index is 11.9. The van der Waals surface area contributed by atoms with E-state index in [1.54, 1.807) is 6.07 Å². The van der Waals surface area contributed by atoms with Gasteiger partial charge in [0, 0.05) is 18.7 Å². The Labute approximate surface area is 117 Å². The molecule has 2 N–H and O–H groups in total. The van der Waals surface area contributed by atoms with Gasteiger partial charge in [-0.15, -0.1) is 0 Å². The number of benzene rings is 1. The predicted molar refractivity (Wildman–Crippen MR) is 73.4 cm³/mol. The van der Waals surface area contributed by atoms with Crippen molar-refractivity contribution in [2.45, 2.75) is 13.8 Å². The Hall–Kier alpha value is -2.37. The number of hydrogen-bond donors (Lipinski definition) is 2. The van der Waals surface area contributed by atoms with Crippen molar-refractivity contribution < 1.29 is 14.4 Å². The van der Waals surface area contributed by atoms with Gasteiger partial charge in [-0.05, 0) is 37.1 Å². The van der Waals surface area contributed by atoms with E-state index in [0.717, 1.165) is 16.0 Å². The first-order valence-corrected chi connectivity index (χ1v) is 6.42. The van der Waals surface area contributed by atoms with Crippen molar-refractivity contribution in [1.29, 1.82) is 0 Å². The van der Waals surface area contributed by atoms with E-state index in [1.807, 2.05) is 26.0 Å². The number of imide groups is 1. The van der Waals surface area contributed by atoms with E-state index in [4.69, 9.17) is 0 Å². The topological polar surface area (TPSA) is 78.5 Å². The van der Waals surface area contributed by atoms with Gasteiger partial charge in [-0.2, -0.15) is 0 Å². The Morgan fingerprint density at radius 3 is 2.65 bits per heavy atom. The van der Waals surface area contributed by atoms with Gasteiger partial charge in [0.1, 0.15) is 0 Å². The molecule has 106 valence electrons. The van der Waals surface area contributed by atoms with E-state index in [2.05, 4.69) is 10.6 Å². The van der Waals surface area contributed by atoms with E-state index < -0.39 is 6.03 Å². The Balaban J connectivity index is 1.87. The molecular weight excluding hydrogens is 258 g/mol. The van der Waals surface area contributed by atoms with Crippen LogP contribution >= 0.6 is 0 Å². The van der Waals surface area contributed by atoms with Crippen LogP contribution in [0.3, 0.4) is 0 Å². The van der Waals surface area contributed by atoms with Crippen LogP contribution < -0.4 is 10.6 Å². The van der Waals surface area contributed by atoms with Crippen molar-refractivity contribution >= 4 is 17.8 Å². The first kappa shape index (κ1) is 14.0. The molecule has 0 atom stereocenters. The number of carbonyl (C=O) groups is 3. The minimum atomic E-state index is -0.407. The molecule has 1 fully saturated rings. The van der Waals surface area contributed by atoms with Crippen LogP contribution in [-0.2, 0) is 4.79 Å². The van der Waals surface area contributed by atoms with E-state index in [9.17, 15) is 14.4 Å². The zero-order valence-electron chi connectivity index (χ0n) is 11.5. The highest BCUT2D eigenvalue weighted by Gasteiger charge is 2.27. The summed E-state index contributed by atoms with van der Waals surface area (Å²) in [6.45, 7) is 4.38. The zero-order chi connectivity index (χ0) is 14.7. The second-order valence-electron chi connectivity index (χ2n) is 4.76. The smallest absolute Gasteiger partial charge is 0.324 e. The molecule has 1 heterocycles. The van der Waals surface area contributed by atoms with Crippen LogP contribution in [0.1, 0.15) is 21.5 Å². The van der Waals surface area contributed by atoms with Gasteiger partial charge in [-0.25, -0.2) is 4.79 Å². The standard InChI is InChI=1S/C14H17N3O3/c1-9-3-4-11(7-10(9)2)13(19)15-5-6-17-12(18)8-16-14(17)20/h3-4,7H,5-6,8H2,1-2H3,(H,15,19)(H,16,20). The number of rotatable bonds is 4. The van der Waals surface area contributed by atoms with Crippen molar-refractivity contribution in [3.63, 3.8) is 0 Å². The highest BCUT2D eigenvalue weighted by Crippen LogP contribution is 2.09. The normalized spacial score (nSPS) is 14.4. The number of urea groups is 1. The maximum absolute atomic E-state index is 11.9. The quantitative estimate of drug-likeness (QED) is 0.789. The summed E-state index contributed by atoms with van der Waals surface area (Å²) >= 11 is 0. The van der Waals surface area contributed by atoms with Gasteiger partial charge in [0.05, 0.1) is 6.54 Å². The lowest BCUT2D eigenvalue weighted by Crippen LogP contribution is -2.38. The molecule has 1 aliphatic heterocycles. The molecule has 6 nitrogen and oxygen atoms in total. The van der Waals surface area contributed by atoms with Crippen LogP contribution in [0.25, 0.3) is 0 Å². The van der Waals surface area contributed by atoms with E-state index >= 15 is 0 Å². The summed E-state index contributed by atoms with van der Waals surface area (Å²) in [5, 5.41) is 5.13. The fourth-order valence-electron chi connectivity index (χ4n) is 1.95. The number of nitrogens with one attached hydrogen (secondary N) is 2. The minimum Gasteiger partial charge on any atom is -0.350 e. The molecule has 4 amide bonds. The third kappa shape index (κ3) is 2.96. The maximum Gasteiger partial charge on any atom is 0.324 e. The lowest BCUT2D eigenvalue weighted by molar-refractivity contribution is -0.124. The van der Waals surface area contributed by atoms with Crippen LogP contribution in [0.15, 0.2) is 18.2 Å². The molecule has 0 aliphatic carbocycles. The van der Waals surface area contributed by atoms with E-state index in [0.29, 0.717) is 5.56 Å². The summed E-state index contributed by atoms with van der Waals surface area (Å²) in [4.78, 5) is 35.7. The number of amides is 4. The molecule has 0 spiro atoms. The lowest BCUT2D eigenvalue weighted by atomic mass is 10.1.